The van der Waals surface area contributed by atoms with Crippen LogP contribution in [0.1, 0.15) is 27.9 Å². The Morgan fingerprint density at radius 2 is 1.80 bits per heavy atom. The highest BCUT2D eigenvalue weighted by Crippen LogP contribution is 2.32. The first kappa shape index (κ1) is 23.7. The molecule has 160 valence electrons. The molecule has 0 saturated heterocycles. The second kappa shape index (κ2) is 9.97. The van der Waals surface area contributed by atoms with Crippen molar-refractivity contribution in [3.05, 3.63) is 63.2 Å². The van der Waals surface area contributed by atoms with Gasteiger partial charge in [0.05, 0.1) is 15.1 Å². The van der Waals surface area contributed by atoms with Gasteiger partial charge in [0, 0.05) is 24.2 Å². The molecule has 3 rings (SSSR count). The minimum Gasteiger partial charge on any atom is -0.309 e. The second-order valence-corrected chi connectivity index (χ2v) is 8.35. The molecule has 0 N–H and O–H groups in total. The van der Waals surface area contributed by atoms with Crippen molar-refractivity contribution < 1.29 is 9.72 Å². The Bertz CT molecular complexity index is 1050. The first-order valence-electron chi connectivity index (χ1n) is 9.35. The molecule has 0 aliphatic carbocycles. The van der Waals surface area contributed by atoms with Crippen molar-refractivity contribution in [3.63, 3.8) is 0 Å². The van der Waals surface area contributed by atoms with Crippen LogP contribution in [0.25, 0.3) is 10.2 Å². The number of halogens is 1. The van der Waals surface area contributed by atoms with Gasteiger partial charge < -0.3 is 4.90 Å². The van der Waals surface area contributed by atoms with Crippen LogP contribution in [0.3, 0.4) is 0 Å². The number of nitro benzene ring substituents is 1. The SMILES string of the molecule is Cc1cc(C)c2nc(N(CCCN(C)C)C(=O)c3ccc([N+](=O)[O-])cc3)sc2c1.Cl. The Morgan fingerprint density at radius 1 is 1.13 bits per heavy atom. The Balaban J connectivity index is 0.00000320. The number of carbonyl (C=O) groups excluding carboxylic acids is 1. The Morgan fingerprint density at radius 3 is 2.40 bits per heavy atom. The second-order valence-electron chi connectivity index (χ2n) is 7.34. The van der Waals surface area contributed by atoms with E-state index in [0.29, 0.717) is 17.2 Å². The average molecular weight is 449 g/mol. The molecule has 0 bridgehead atoms. The molecule has 3 aromatic rings. The molecule has 1 amide bonds. The van der Waals surface area contributed by atoms with Gasteiger partial charge in [-0.15, -0.1) is 12.4 Å². The molecule has 9 heteroatoms. The number of hydrogen-bond acceptors (Lipinski definition) is 6. The van der Waals surface area contributed by atoms with Gasteiger partial charge in [-0.1, -0.05) is 17.4 Å². The fourth-order valence-electron chi connectivity index (χ4n) is 3.19. The summed E-state index contributed by atoms with van der Waals surface area (Å²) in [5, 5.41) is 11.5. The molecular weight excluding hydrogens is 424 g/mol. The number of amides is 1. The fourth-order valence-corrected chi connectivity index (χ4v) is 4.35. The van der Waals surface area contributed by atoms with Crippen LogP contribution in [0.15, 0.2) is 36.4 Å². The van der Waals surface area contributed by atoms with Crippen LogP contribution in [0.4, 0.5) is 10.8 Å². The normalized spacial score (nSPS) is 10.8. The Hall–Kier alpha value is -2.55. The van der Waals surface area contributed by atoms with Crippen molar-refractivity contribution in [1.82, 2.24) is 9.88 Å². The summed E-state index contributed by atoms with van der Waals surface area (Å²) < 4.78 is 1.05. The first-order chi connectivity index (χ1) is 13.8. The number of non-ortho nitro benzene ring substituents is 1. The molecule has 2 aromatic carbocycles. The van der Waals surface area contributed by atoms with Gasteiger partial charge in [-0.3, -0.25) is 19.8 Å². The van der Waals surface area contributed by atoms with E-state index >= 15 is 0 Å². The van der Waals surface area contributed by atoms with E-state index in [9.17, 15) is 14.9 Å². The number of fused-ring (bicyclic) bond motifs is 1. The van der Waals surface area contributed by atoms with Crippen LogP contribution in [0.5, 0.6) is 0 Å². The lowest BCUT2D eigenvalue weighted by Gasteiger charge is -2.21. The number of hydrogen-bond donors (Lipinski definition) is 0. The number of aromatic nitrogens is 1. The fraction of sp³-hybridized carbons (Fsp3) is 0.333. The number of carbonyl (C=O) groups is 1. The highest BCUT2D eigenvalue weighted by atomic mass is 35.5. The maximum atomic E-state index is 13.2. The lowest BCUT2D eigenvalue weighted by Crippen LogP contribution is -2.33. The highest BCUT2D eigenvalue weighted by molar-refractivity contribution is 7.22. The van der Waals surface area contributed by atoms with Crippen molar-refractivity contribution in [2.45, 2.75) is 20.3 Å². The number of aryl methyl sites for hydroxylation is 2. The molecule has 0 aliphatic rings. The van der Waals surface area contributed by atoms with Crippen molar-refractivity contribution in [2.24, 2.45) is 0 Å². The molecular formula is C21H25ClN4O3S. The molecule has 1 heterocycles. The zero-order valence-corrected chi connectivity index (χ0v) is 19.0. The van der Waals surface area contributed by atoms with Crippen molar-refractivity contribution >= 4 is 50.7 Å². The molecule has 0 atom stereocenters. The zero-order valence-electron chi connectivity index (χ0n) is 17.4. The van der Waals surface area contributed by atoms with Crippen molar-refractivity contribution in [3.8, 4) is 0 Å². The third-order valence-corrected chi connectivity index (χ3v) is 5.63. The number of thiazole rings is 1. The summed E-state index contributed by atoms with van der Waals surface area (Å²) in [7, 11) is 3.98. The van der Waals surface area contributed by atoms with Gasteiger partial charge in [-0.05, 0) is 70.2 Å². The number of benzene rings is 2. The van der Waals surface area contributed by atoms with Gasteiger partial charge in [0.15, 0.2) is 5.13 Å². The van der Waals surface area contributed by atoms with Crippen LogP contribution in [-0.2, 0) is 0 Å². The van der Waals surface area contributed by atoms with Crippen LogP contribution in [0.2, 0.25) is 0 Å². The topological polar surface area (TPSA) is 79.6 Å². The molecule has 0 radical (unpaired) electrons. The Labute approximate surface area is 185 Å². The summed E-state index contributed by atoms with van der Waals surface area (Å²) in [6.45, 7) is 5.43. The molecule has 30 heavy (non-hydrogen) atoms. The molecule has 0 saturated carbocycles. The van der Waals surface area contributed by atoms with Gasteiger partial charge >= 0.3 is 0 Å². The molecule has 0 unspecified atom stereocenters. The van der Waals surface area contributed by atoms with Crippen LogP contribution >= 0.6 is 23.7 Å². The molecule has 0 aliphatic heterocycles. The summed E-state index contributed by atoms with van der Waals surface area (Å²) in [4.78, 5) is 32.2. The maximum Gasteiger partial charge on any atom is 0.269 e. The largest absolute Gasteiger partial charge is 0.309 e. The van der Waals surface area contributed by atoms with E-state index in [2.05, 4.69) is 17.0 Å². The van der Waals surface area contributed by atoms with Gasteiger partial charge in [0.1, 0.15) is 0 Å². The predicted octanol–water partition coefficient (Wildman–Crippen LogP) is 4.84. The third kappa shape index (κ3) is 5.33. The van der Waals surface area contributed by atoms with Gasteiger partial charge in [-0.2, -0.15) is 0 Å². The van der Waals surface area contributed by atoms with Crippen molar-refractivity contribution in [1.29, 1.82) is 0 Å². The third-order valence-electron chi connectivity index (χ3n) is 4.61. The van der Waals surface area contributed by atoms with Gasteiger partial charge in [0.2, 0.25) is 0 Å². The highest BCUT2D eigenvalue weighted by Gasteiger charge is 2.22. The standard InChI is InChI=1S/C21H24N4O3S.ClH/c1-14-12-15(2)19-18(13-14)29-21(22-19)24(11-5-10-23(3)4)20(26)16-6-8-17(9-7-16)25(27)28;/h6-9,12-13H,5,10-11H2,1-4H3;1H. The molecule has 7 nitrogen and oxygen atoms in total. The first-order valence-corrected chi connectivity index (χ1v) is 10.2. The minimum atomic E-state index is -0.470. The minimum absolute atomic E-state index is 0. The Kier molecular flexibility index (Phi) is 7.89. The smallest absolute Gasteiger partial charge is 0.269 e. The van der Waals surface area contributed by atoms with E-state index in [1.54, 1.807) is 4.90 Å². The summed E-state index contributed by atoms with van der Waals surface area (Å²) >= 11 is 1.50. The number of rotatable bonds is 7. The lowest BCUT2D eigenvalue weighted by atomic mass is 10.1. The quantitative estimate of drug-likeness (QED) is 0.381. The van der Waals surface area contributed by atoms with Crippen LogP contribution in [-0.4, -0.2) is 47.9 Å². The lowest BCUT2D eigenvalue weighted by molar-refractivity contribution is -0.384. The van der Waals surface area contributed by atoms with E-state index in [0.717, 1.165) is 34.3 Å². The summed E-state index contributed by atoms with van der Waals surface area (Å²) in [6.07, 6.45) is 0.791. The summed E-state index contributed by atoms with van der Waals surface area (Å²) in [5.74, 6) is -0.202. The van der Waals surface area contributed by atoms with E-state index in [1.165, 1.54) is 35.6 Å². The van der Waals surface area contributed by atoms with E-state index in [-0.39, 0.29) is 24.0 Å². The molecule has 0 fully saturated rings. The average Bonchev–Trinajstić information content (AvgIpc) is 3.08. The van der Waals surface area contributed by atoms with E-state index < -0.39 is 4.92 Å². The van der Waals surface area contributed by atoms with Crippen LogP contribution in [0, 0.1) is 24.0 Å². The maximum absolute atomic E-state index is 13.2. The number of anilines is 1. The monoisotopic (exact) mass is 448 g/mol. The van der Waals surface area contributed by atoms with E-state index in [1.807, 2.05) is 27.9 Å². The van der Waals surface area contributed by atoms with Gasteiger partial charge in [0.25, 0.3) is 11.6 Å². The van der Waals surface area contributed by atoms with Gasteiger partial charge in [-0.25, -0.2) is 4.98 Å². The number of nitro groups is 1. The predicted molar refractivity (Wildman–Crippen MR) is 124 cm³/mol. The van der Waals surface area contributed by atoms with E-state index in [4.69, 9.17) is 4.98 Å². The summed E-state index contributed by atoms with van der Waals surface area (Å²) in [6, 6.07) is 9.89. The van der Waals surface area contributed by atoms with Crippen LogP contribution < -0.4 is 4.90 Å². The molecule has 1 aromatic heterocycles. The summed E-state index contributed by atoms with van der Waals surface area (Å²) in [5.41, 5.74) is 3.52. The zero-order chi connectivity index (χ0) is 21.1. The molecule has 0 spiro atoms. The van der Waals surface area contributed by atoms with Crippen molar-refractivity contribution in [2.75, 3.05) is 32.1 Å². The number of nitrogens with zero attached hydrogens (tertiary/aromatic N) is 4.